The van der Waals surface area contributed by atoms with Gasteiger partial charge in [-0.25, -0.2) is 0 Å². The highest BCUT2D eigenvalue weighted by Crippen LogP contribution is 2.34. The summed E-state index contributed by atoms with van der Waals surface area (Å²) in [5.74, 6) is 0.381. The van der Waals surface area contributed by atoms with Crippen LogP contribution in [-0.2, 0) is 6.42 Å². The Balaban J connectivity index is 1.91. The number of aromatic hydroxyl groups is 1. The lowest BCUT2D eigenvalue weighted by molar-refractivity contribution is 0.484. The molecule has 0 aliphatic carbocycles. The van der Waals surface area contributed by atoms with Gasteiger partial charge in [0.15, 0.2) is 0 Å². The van der Waals surface area contributed by atoms with Crippen LogP contribution in [0.25, 0.3) is 21.2 Å². The molecular formula is C18H18OS. The lowest BCUT2D eigenvalue weighted by atomic mass is 10.0. The number of unbranched alkanes of at least 4 members (excludes halogenated alkanes) is 1. The Kier molecular flexibility index (Phi) is 3.75. The molecule has 0 saturated heterocycles. The molecule has 0 aliphatic rings. The highest BCUT2D eigenvalue weighted by molar-refractivity contribution is 7.17. The van der Waals surface area contributed by atoms with E-state index in [1.807, 2.05) is 0 Å². The van der Waals surface area contributed by atoms with Gasteiger partial charge in [0.25, 0.3) is 0 Å². The summed E-state index contributed by atoms with van der Waals surface area (Å²) in [5, 5.41) is 12.6. The monoisotopic (exact) mass is 282 g/mol. The quantitative estimate of drug-likeness (QED) is 0.658. The first kappa shape index (κ1) is 13.2. The van der Waals surface area contributed by atoms with Gasteiger partial charge in [-0.15, -0.1) is 11.3 Å². The molecule has 1 aromatic heterocycles. The van der Waals surface area contributed by atoms with Crippen molar-refractivity contribution in [3.8, 4) is 16.9 Å². The Morgan fingerprint density at radius 2 is 1.75 bits per heavy atom. The van der Waals surface area contributed by atoms with Gasteiger partial charge < -0.3 is 5.11 Å². The van der Waals surface area contributed by atoms with Crippen LogP contribution < -0.4 is 0 Å². The molecule has 2 heteroatoms. The molecule has 1 nitrogen and oxygen atoms in total. The van der Waals surface area contributed by atoms with Gasteiger partial charge in [-0.3, -0.25) is 0 Å². The number of hydrogen-bond acceptors (Lipinski definition) is 2. The number of fused-ring (bicyclic) bond motifs is 1. The number of aryl methyl sites for hydroxylation is 1. The van der Waals surface area contributed by atoms with Crippen molar-refractivity contribution in [2.45, 2.75) is 26.2 Å². The molecule has 3 aromatic rings. The van der Waals surface area contributed by atoms with Crippen molar-refractivity contribution >= 4 is 21.4 Å². The fourth-order valence-electron chi connectivity index (χ4n) is 2.44. The van der Waals surface area contributed by atoms with Crippen LogP contribution in [0.4, 0.5) is 0 Å². The zero-order valence-corrected chi connectivity index (χ0v) is 12.4. The minimum Gasteiger partial charge on any atom is -0.506 e. The van der Waals surface area contributed by atoms with Gasteiger partial charge in [-0.2, -0.15) is 0 Å². The number of benzene rings is 2. The Bertz CT molecular complexity index is 710. The third kappa shape index (κ3) is 2.56. The number of hydrogen-bond donors (Lipinski definition) is 1. The summed E-state index contributed by atoms with van der Waals surface area (Å²) in [4.78, 5) is 0. The highest BCUT2D eigenvalue weighted by atomic mass is 32.1. The molecule has 0 aliphatic heterocycles. The predicted molar refractivity (Wildman–Crippen MR) is 87.5 cm³/mol. The molecule has 0 fully saturated rings. The third-order valence-corrected chi connectivity index (χ3v) is 4.61. The van der Waals surface area contributed by atoms with E-state index in [1.54, 1.807) is 16.7 Å². The largest absolute Gasteiger partial charge is 0.506 e. The third-order valence-electron chi connectivity index (χ3n) is 3.66. The van der Waals surface area contributed by atoms with Crippen LogP contribution in [0, 0.1) is 0 Å². The Hall–Kier alpha value is -1.80. The lowest BCUT2D eigenvalue weighted by Crippen LogP contribution is -1.85. The van der Waals surface area contributed by atoms with E-state index in [0.717, 1.165) is 22.1 Å². The van der Waals surface area contributed by atoms with Crippen LogP contribution in [0.2, 0.25) is 0 Å². The van der Waals surface area contributed by atoms with Crippen molar-refractivity contribution < 1.29 is 5.11 Å². The molecule has 0 unspecified atom stereocenters. The van der Waals surface area contributed by atoms with Crippen molar-refractivity contribution in [3.05, 3.63) is 53.4 Å². The molecule has 2 aromatic carbocycles. The highest BCUT2D eigenvalue weighted by Gasteiger charge is 2.05. The van der Waals surface area contributed by atoms with E-state index in [4.69, 9.17) is 0 Å². The summed E-state index contributed by atoms with van der Waals surface area (Å²) >= 11 is 1.58. The molecule has 1 heterocycles. The Morgan fingerprint density at radius 3 is 2.50 bits per heavy atom. The van der Waals surface area contributed by atoms with Gasteiger partial charge in [-0.05, 0) is 41.7 Å². The second-order valence-electron chi connectivity index (χ2n) is 5.13. The maximum atomic E-state index is 9.83. The lowest BCUT2D eigenvalue weighted by Gasteiger charge is -2.05. The van der Waals surface area contributed by atoms with E-state index in [1.165, 1.54) is 24.0 Å². The van der Waals surface area contributed by atoms with Crippen molar-refractivity contribution in [3.63, 3.8) is 0 Å². The summed E-state index contributed by atoms with van der Waals surface area (Å²) in [7, 11) is 0. The molecular weight excluding hydrogens is 264 g/mol. The summed E-state index contributed by atoms with van der Waals surface area (Å²) in [6.45, 7) is 2.22. The van der Waals surface area contributed by atoms with Gasteiger partial charge in [0.1, 0.15) is 5.75 Å². The summed E-state index contributed by atoms with van der Waals surface area (Å²) in [6, 6.07) is 15.1. The van der Waals surface area contributed by atoms with Gasteiger partial charge in [0, 0.05) is 15.5 Å². The second-order valence-corrected chi connectivity index (χ2v) is 6.04. The smallest absolute Gasteiger partial charge is 0.134 e. The summed E-state index contributed by atoms with van der Waals surface area (Å²) in [5.41, 5.74) is 3.76. The number of rotatable bonds is 4. The van der Waals surface area contributed by atoms with Gasteiger partial charge >= 0.3 is 0 Å². The van der Waals surface area contributed by atoms with E-state index in [9.17, 15) is 5.11 Å². The second kappa shape index (κ2) is 5.68. The van der Waals surface area contributed by atoms with Crippen molar-refractivity contribution in [2.75, 3.05) is 0 Å². The SMILES string of the molecule is CCCCc1ccc(-c2ccc3scc(O)c3c2)cc1. The average Bonchev–Trinajstić information content (AvgIpc) is 2.87. The fraction of sp³-hybridized carbons (Fsp3) is 0.222. The molecule has 0 radical (unpaired) electrons. The fourth-order valence-corrected chi connectivity index (χ4v) is 3.24. The molecule has 0 saturated carbocycles. The summed E-state index contributed by atoms with van der Waals surface area (Å²) in [6.07, 6.45) is 3.63. The van der Waals surface area contributed by atoms with E-state index in [-0.39, 0.29) is 0 Å². The number of thiophene rings is 1. The molecule has 3 rings (SSSR count). The van der Waals surface area contributed by atoms with Gasteiger partial charge in [0.2, 0.25) is 0 Å². The maximum absolute atomic E-state index is 9.83. The maximum Gasteiger partial charge on any atom is 0.134 e. The topological polar surface area (TPSA) is 20.2 Å². The first-order valence-corrected chi connectivity index (χ1v) is 7.95. The molecule has 0 spiro atoms. The molecule has 0 bridgehead atoms. The van der Waals surface area contributed by atoms with Crippen molar-refractivity contribution in [1.82, 2.24) is 0 Å². The van der Waals surface area contributed by atoms with Crippen molar-refractivity contribution in [2.24, 2.45) is 0 Å². The van der Waals surface area contributed by atoms with Crippen LogP contribution >= 0.6 is 11.3 Å². The minimum atomic E-state index is 0.381. The van der Waals surface area contributed by atoms with E-state index >= 15 is 0 Å². The van der Waals surface area contributed by atoms with Crippen LogP contribution in [0.3, 0.4) is 0 Å². The van der Waals surface area contributed by atoms with Gasteiger partial charge in [-0.1, -0.05) is 43.7 Å². The standard InChI is InChI=1S/C18H18OS/c1-2-3-4-13-5-7-14(8-6-13)15-9-10-18-16(11-15)17(19)12-20-18/h5-12,19H,2-4H2,1H3. The van der Waals surface area contributed by atoms with Gasteiger partial charge in [0.05, 0.1) is 0 Å². The molecule has 1 N–H and O–H groups in total. The predicted octanol–water partition coefficient (Wildman–Crippen LogP) is 5.62. The van der Waals surface area contributed by atoms with E-state index < -0.39 is 0 Å². The van der Waals surface area contributed by atoms with Crippen LogP contribution in [0.1, 0.15) is 25.3 Å². The molecule has 0 amide bonds. The zero-order valence-electron chi connectivity index (χ0n) is 11.6. The van der Waals surface area contributed by atoms with Crippen LogP contribution in [0.5, 0.6) is 5.75 Å². The van der Waals surface area contributed by atoms with E-state index in [2.05, 4.69) is 49.4 Å². The molecule has 102 valence electrons. The first-order chi connectivity index (χ1) is 9.78. The molecule has 20 heavy (non-hydrogen) atoms. The minimum absolute atomic E-state index is 0.381. The Labute approximate surface area is 123 Å². The average molecular weight is 282 g/mol. The summed E-state index contributed by atoms with van der Waals surface area (Å²) < 4.78 is 1.13. The normalized spacial score (nSPS) is 11.1. The van der Waals surface area contributed by atoms with E-state index in [0.29, 0.717) is 5.75 Å². The Morgan fingerprint density at radius 1 is 1.00 bits per heavy atom. The zero-order chi connectivity index (χ0) is 13.9. The molecule has 0 atom stereocenters. The van der Waals surface area contributed by atoms with Crippen LogP contribution in [-0.4, -0.2) is 5.11 Å². The van der Waals surface area contributed by atoms with Crippen LogP contribution in [0.15, 0.2) is 47.8 Å². The van der Waals surface area contributed by atoms with Crippen molar-refractivity contribution in [1.29, 1.82) is 0 Å². The first-order valence-electron chi connectivity index (χ1n) is 7.07.